The molecule has 0 saturated carbocycles. The molecule has 4 rings (SSSR count). The van der Waals surface area contributed by atoms with Gasteiger partial charge < -0.3 is 15.2 Å². The average molecular weight is 335 g/mol. The third-order valence-corrected chi connectivity index (χ3v) is 4.04. The van der Waals surface area contributed by atoms with Gasteiger partial charge in [0.05, 0.1) is 17.6 Å². The average Bonchev–Trinajstić information content (AvgIpc) is 3.19. The number of hydrogen-bond donors (Lipinski definition) is 1. The van der Waals surface area contributed by atoms with Crippen LogP contribution in [0.5, 0.6) is 0 Å². The number of rotatable bonds is 4. The second-order valence-corrected chi connectivity index (χ2v) is 5.95. The Hall–Kier alpha value is -3.42. The number of pyridine rings is 1. The molecule has 2 N–H and O–H groups in total. The van der Waals surface area contributed by atoms with E-state index in [1.807, 2.05) is 54.0 Å². The van der Waals surface area contributed by atoms with Gasteiger partial charge in [-0.25, -0.2) is 9.61 Å². The van der Waals surface area contributed by atoms with Crippen LogP contribution in [-0.4, -0.2) is 38.9 Å². The quantitative estimate of drug-likeness (QED) is 0.610. The summed E-state index contributed by atoms with van der Waals surface area (Å²) in [5.41, 5.74) is 10.3. The number of fused-ring (bicyclic) bond motifs is 1. The van der Waals surface area contributed by atoms with Crippen molar-refractivity contribution in [3.63, 3.8) is 0 Å². The molecule has 0 bridgehead atoms. The zero-order chi connectivity index (χ0) is 17.4. The summed E-state index contributed by atoms with van der Waals surface area (Å²) in [5.74, 6) is 0.837. The second-order valence-electron chi connectivity index (χ2n) is 5.95. The van der Waals surface area contributed by atoms with Gasteiger partial charge in [-0.15, -0.1) is 0 Å². The van der Waals surface area contributed by atoms with Crippen LogP contribution in [0.25, 0.3) is 22.6 Å². The molecule has 4 aromatic rings. The minimum Gasteiger partial charge on any atom is -0.379 e. The van der Waals surface area contributed by atoms with Gasteiger partial charge in [0.25, 0.3) is 0 Å². The molecule has 0 aliphatic rings. The Morgan fingerprint density at radius 1 is 1.20 bits per heavy atom. The van der Waals surface area contributed by atoms with E-state index >= 15 is 0 Å². The van der Waals surface area contributed by atoms with E-state index in [4.69, 9.17) is 15.3 Å². The zero-order valence-corrected chi connectivity index (χ0v) is 13.9. The van der Waals surface area contributed by atoms with Gasteiger partial charge in [0.15, 0.2) is 17.3 Å². The fourth-order valence-electron chi connectivity index (χ4n) is 2.76. The lowest BCUT2D eigenvalue weighted by atomic mass is 10.2. The van der Waals surface area contributed by atoms with E-state index in [2.05, 4.69) is 21.4 Å². The standard InChI is InChI=1S/C17H17N7O/c1-23(2)12-5-6-14-13(8-12)20-17(15-16(18)22-25-21-15)24(14)10-11-4-3-7-19-9-11/h3-9H,10H2,1-2H3,(H2,18,22). The Morgan fingerprint density at radius 2 is 2.08 bits per heavy atom. The first-order valence-electron chi connectivity index (χ1n) is 7.78. The molecule has 3 aromatic heterocycles. The smallest absolute Gasteiger partial charge is 0.199 e. The van der Waals surface area contributed by atoms with Crippen molar-refractivity contribution in [3.05, 3.63) is 48.3 Å². The molecule has 0 spiro atoms. The molecule has 0 amide bonds. The van der Waals surface area contributed by atoms with Crippen molar-refractivity contribution in [2.45, 2.75) is 6.54 Å². The molecule has 0 aliphatic carbocycles. The number of anilines is 2. The highest BCUT2D eigenvalue weighted by Gasteiger charge is 2.19. The summed E-state index contributed by atoms with van der Waals surface area (Å²) >= 11 is 0. The minimum absolute atomic E-state index is 0.218. The third kappa shape index (κ3) is 2.67. The number of nitrogens with zero attached hydrogens (tertiary/aromatic N) is 6. The second kappa shape index (κ2) is 5.90. The van der Waals surface area contributed by atoms with Crippen molar-refractivity contribution >= 4 is 22.5 Å². The molecule has 0 radical (unpaired) electrons. The molecule has 25 heavy (non-hydrogen) atoms. The molecular formula is C17H17N7O. The van der Waals surface area contributed by atoms with Crippen LogP contribution in [0.1, 0.15) is 5.56 Å². The van der Waals surface area contributed by atoms with Crippen molar-refractivity contribution in [2.75, 3.05) is 24.7 Å². The van der Waals surface area contributed by atoms with Crippen LogP contribution in [-0.2, 0) is 6.54 Å². The van der Waals surface area contributed by atoms with Gasteiger partial charge in [-0.2, -0.15) is 0 Å². The van der Waals surface area contributed by atoms with Crippen LogP contribution in [0.15, 0.2) is 47.4 Å². The Balaban J connectivity index is 1.92. The summed E-state index contributed by atoms with van der Waals surface area (Å²) in [7, 11) is 3.99. The molecule has 3 heterocycles. The Kier molecular flexibility index (Phi) is 3.57. The summed E-state index contributed by atoms with van der Waals surface area (Å²) < 4.78 is 6.81. The number of nitrogens with two attached hydrogens (primary N) is 1. The monoisotopic (exact) mass is 335 g/mol. The third-order valence-electron chi connectivity index (χ3n) is 4.04. The summed E-state index contributed by atoms with van der Waals surface area (Å²) in [6.07, 6.45) is 3.58. The first-order chi connectivity index (χ1) is 12.1. The molecule has 0 unspecified atom stereocenters. The van der Waals surface area contributed by atoms with Crippen LogP contribution >= 0.6 is 0 Å². The maximum atomic E-state index is 5.89. The molecule has 0 atom stereocenters. The predicted molar refractivity (Wildman–Crippen MR) is 95.1 cm³/mol. The number of hydrogen-bond acceptors (Lipinski definition) is 7. The number of nitrogen functional groups attached to an aromatic ring is 1. The van der Waals surface area contributed by atoms with Crippen LogP contribution in [0.2, 0.25) is 0 Å². The highest BCUT2D eigenvalue weighted by molar-refractivity contribution is 5.84. The Labute approximate surface area is 143 Å². The van der Waals surface area contributed by atoms with Crippen LogP contribution < -0.4 is 10.6 Å². The van der Waals surface area contributed by atoms with E-state index < -0.39 is 0 Å². The van der Waals surface area contributed by atoms with E-state index in [-0.39, 0.29) is 5.82 Å². The van der Waals surface area contributed by atoms with Crippen molar-refractivity contribution in [3.8, 4) is 11.5 Å². The number of imidazole rings is 1. The van der Waals surface area contributed by atoms with Crippen LogP contribution in [0.4, 0.5) is 11.5 Å². The predicted octanol–water partition coefficient (Wildman–Crippen LogP) is 2.18. The van der Waals surface area contributed by atoms with Crippen molar-refractivity contribution in [1.82, 2.24) is 24.8 Å². The fraction of sp³-hybridized carbons (Fsp3) is 0.176. The fourth-order valence-corrected chi connectivity index (χ4v) is 2.76. The van der Waals surface area contributed by atoms with Gasteiger partial charge in [-0.3, -0.25) is 4.98 Å². The number of aromatic nitrogens is 5. The van der Waals surface area contributed by atoms with Crippen LogP contribution in [0.3, 0.4) is 0 Å². The molecule has 0 aliphatic heterocycles. The first kappa shape index (κ1) is 15.1. The lowest BCUT2D eigenvalue weighted by molar-refractivity contribution is 0.310. The van der Waals surface area contributed by atoms with Gasteiger partial charge in [0.2, 0.25) is 0 Å². The van der Waals surface area contributed by atoms with Gasteiger partial charge in [0.1, 0.15) is 0 Å². The normalized spacial score (nSPS) is 11.1. The molecule has 8 nitrogen and oxygen atoms in total. The van der Waals surface area contributed by atoms with Gasteiger partial charge >= 0.3 is 0 Å². The zero-order valence-electron chi connectivity index (χ0n) is 13.9. The topological polar surface area (TPSA) is 98.9 Å². The minimum atomic E-state index is 0.218. The Bertz CT molecular complexity index is 1020. The first-order valence-corrected chi connectivity index (χ1v) is 7.78. The lowest BCUT2D eigenvalue weighted by Crippen LogP contribution is -2.08. The van der Waals surface area contributed by atoms with E-state index in [1.165, 1.54) is 0 Å². The molecule has 0 fully saturated rings. The van der Waals surface area contributed by atoms with Crippen molar-refractivity contribution < 1.29 is 4.63 Å². The molecular weight excluding hydrogens is 318 g/mol. The Morgan fingerprint density at radius 3 is 2.76 bits per heavy atom. The van der Waals surface area contributed by atoms with Crippen molar-refractivity contribution in [2.24, 2.45) is 0 Å². The van der Waals surface area contributed by atoms with Gasteiger partial charge in [-0.1, -0.05) is 6.07 Å². The highest BCUT2D eigenvalue weighted by atomic mass is 16.6. The molecule has 0 saturated heterocycles. The molecule has 126 valence electrons. The van der Waals surface area contributed by atoms with E-state index in [1.54, 1.807) is 6.20 Å². The number of benzene rings is 1. The van der Waals surface area contributed by atoms with Crippen molar-refractivity contribution in [1.29, 1.82) is 0 Å². The van der Waals surface area contributed by atoms with E-state index in [0.717, 1.165) is 22.3 Å². The highest BCUT2D eigenvalue weighted by Crippen LogP contribution is 2.29. The SMILES string of the molecule is CN(C)c1ccc2c(c1)nc(-c1nonc1N)n2Cc1cccnc1. The maximum Gasteiger partial charge on any atom is 0.199 e. The van der Waals surface area contributed by atoms with Gasteiger partial charge in [-0.05, 0) is 40.1 Å². The van der Waals surface area contributed by atoms with E-state index in [9.17, 15) is 0 Å². The summed E-state index contributed by atoms with van der Waals surface area (Å²) in [4.78, 5) is 10.9. The largest absolute Gasteiger partial charge is 0.379 e. The van der Waals surface area contributed by atoms with Gasteiger partial charge in [0, 0.05) is 32.2 Å². The lowest BCUT2D eigenvalue weighted by Gasteiger charge is -2.12. The van der Waals surface area contributed by atoms with E-state index in [0.29, 0.717) is 18.1 Å². The maximum absolute atomic E-state index is 5.89. The van der Waals surface area contributed by atoms with Crippen LogP contribution in [0, 0.1) is 0 Å². The summed E-state index contributed by atoms with van der Waals surface area (Å²) in [6, 6.07) is 10.0. The molecule has 8 heteroatoms. The summed E-state index contributed by atoms with van der Waals surface area (Å²) in [6.45, 7) is 0.591. The summed E-state index contributed by atoms with van der Waals surface area (Å²) in [5, 5.41) is 7.60. The molecule has 1 aromatic carbocycles.